The molecule has 0 radical (unpaired) electrons. The standard InChI is InChI=1S/C4H5NO2.C4H12N/c6-3-1-2-4(7)5-3;1-5(2,3)4/h1-2H2,(H,5,6,7);1-4H3/q;+1/p-1. The summed E-state index contributed by atoms with van der Waals surface area (Å²) in [5, 5.41) is 10.1. The molecule has 70 valence electrons. The van der Waals surface area contributed by atoms with Gasteiger partial charge in [0.05, 0.1) is 28.2 Å². The van der Waals surface area contributed by atoms with E-state index in [0.717, 1.165) is 4.48 Å². The number of rotatable bonds is 0. The van der Waals surface area contributed by atoms with Gasteiger partial charge < -0.3 is 9.59 Å². The summed E-state index contributed by atoms with van der Waals surface area (Å²) in [6.07, 6.45) is 0.637. The molecule has 0 aromatic rings. The highest BCUT2D eigenvalue weighted by molar-refractivity contribution is 5.96. The van der Waals surface area contributed by atoms with Crippen LogP contribution in [0.5, 0.6) is 0 Å². The second-order valence-corrected chi connectivity index (χ2v) is 4.08. The van der Waals surface area contributed by atoms with Crippen molar-refractivity contribution >= 4 is 11.8 Å². The summed E-state index contributed by atoms with van der Waals surface area (Å²) in [5.74, 6) is -0.546. The number of amides is 1. The lowest BCUT2D eigenvalue weighted by molar-refractivity contribution is -0.849. The third kappa shape index (κ3) is 9.10. The van der Waals surface area contributed by atoms with Crippen LogP contribution in [0.15, 0.2) is 4.99 Å². The summed E-state index contributed by atoms with van der Waals surface area (Å²) in [6.45, 7) is 0. The third-order valence-corrected chi connectivity index (χ3v) is 0.802. The molecule has 0 saturated heterocycles. The van der Waals surface area contributed by atoms with Crippen molar-refractivity contribution in [2.75, 3.05) is 28.2 Å². The van der Waals surface area contributed by atoms with Gasteiger partial charge in [0, 0.05) is 6.42 Å². The molecular formula is C8H16N2O2. The maximum atomic E-state index is 10.1. The van der Waals surface area contributed by atoms with Crippen molar-refractivity contribution in [2.45, 2.75) is 12.8 Å². The van der Waals surface area contributed by atoms with Crippen molar-refractivity contribution in [1.29, 1.82) is 0 Å². The molecule has 0 atom stereocenters. The maximum absolute atomic E-state index is 10.1. The second-order valence-electron chi connectivity index (χ2n) is 4.08. The van der Waals surface area contributed by atoms with Crippen LogP contribution in [-0.4, -0.2) is 44.5 Å². The van der Waals surface area contributed by atoms with E-state index in [2.05, 4.69) is 33.2 Å². The summed E-state index contributed by atoms with van der Waals surface area (Å²) in [4.78, 5) is 13.2. The van der Waals surface area contributed by atoms with Crippen LogP contribution in [0.4, 0.5) is 0 Å². The zero-order valence-electron chi connectivity index (χ0n) is 8.13. The molecule has 0 aromatic carbocycles. The van der Waals surface area contributed by atoms with E-state index in [4.69, 9.17) is 0 Å². The monoisotopic (exact) mass is 172 g/mol. The number of carbonyl (C=O) groups is 1. The van der Waals surface area contributed by atoms with Crippen LogP contribution in [0, 0.1) is 0 Å². The third-order valence-electron chi connectivity index (χ3n) is 0.802. The van der Waals surface area contributed by atoms with Gasteiger partial charge in [-0.1, -0.05) is 0 Å². The summed E-state index contributed by atoms with van der Waals surface area (Å²) < 4.78 is 1.00. The van der Waals surface area contributed by atoms with Gasteiger partial charge in [0.2, 0.25) is 5.91 Å². The van der Waals surface area contributed by atoms with Crippen LogP contribution in [0.25, 0.3) is 0 Å². The fourth-order valence-electron chi connectivity index (χ4n) is 0.465. The molecule has 0 saturated carbocycles. The van der Waals surface area contributed by atoms with E-state index in [1.54, 1.807) is 0 Å². The van der Waals surface area contributed by atoms with Gasteiger partial charge >= 0.3 is 0 Å². The lowest BCUT2D eigenvalue weighted by Crippen LogP contribution is -2.27. The minimum Gasteiger partial charge on any atom is -0.862 e. The first kappa shape index (κ1) is 11.1. The molecule has 0 aliphatic carbocycles. The van der Waals surface area contributed by atoms with Gasteiger partial charge in [0.1, 0.15) is 0 Å². The Morgan fingerprint density at radius 1 is 1.25 bits per heavy atom. The van der Waals surface area contributed by atoms with Gasteiger partial charge in [-0.25, -0.2) is 4.99 Å². The largest absolute Gasteiger partial charge is 0.862 e. The predicted octanol–water partition coefficient (Wildman–Crippen LogP) is -0.612. The Balaban J connectivity index is 0.000000217. The first-order chi connectivity index (χ1) is 5.29. The van der Waals surface area contributed by atoms with Gasteiger partial charge in [-0.2, -0.15) is 0 Å². The van der Waals surface area contributed by atoms with Crippen molar-refractivity contribution in [2.24, 2.45) is 4.99 Å². The Labute approximate surface area is 73.1 Å². The highest BCUT2D eigenvalue weighted by Gasteiger charge is 2.04. The summed E-state index contributed by atoms with van der Waals surface area (Å²) >= 11 is 0. The molecule has 1 aliphatic rings. The number of nitrogens with zero attached hydrogens (tertiary/aromatic N) is 2. The topological polar surface area (TPSA) is 52.5 Å². The van der Waals surface area contributed by atoms with E-state index in [1.165, 1.54) is 0 Å². The molecule has 0 bridgehead atoms. The quantitative estimate of drug-likeness (QED) is 0.458. The molecule has 0 fully saturated rings. The van der Waals surface area contributed by atoms with Crippen molar-refractivity contribution in [3.05, 3.63) is 0 Å². The van der Waals surface area contributed by atoms with Gasteiger partial charge in [0.25, 0.3) is 0 Å². The number of aliphatic imine (C=N–C) groups is 1. The van der Waals surface area contributed by atoms with Gasteiger partial charge in [0.15, 0.2) is 0 Å². The van der Waals surface area contributed by atoms with Gasteiger partial charge in [-0.3, -0.25) is 4.79 Å². The first-order valence-electron chi connectivity index (χ1n) is 3.85. The second kappa shape index (κ2) is 4.21. The Morgan fingerprint density at radius 2 is 1.67 bits per heavy atom. The van der Waals surface area contributed by atoms with Crippen LogP contribution in [0.2, 0.25) is 0 Å². The Morgan fingerprint density at radius 3 is 1.75 bits per heavy atom. The fourth-order valence-corrected chi connectivity index (χ4v) is 0.465. The van der Waals surface area contributed by atoms with E-state index in [0.29, 0.717) is 12.8 Å². The molecule has 0 N–H and O–H groups in total. The molecule has 0 unspecified atom stereocenters. The van der Waals surface area contributed by atoms with E-state index in [9.17, 15) is 9.90 Å². The summed E-state index contributed by atoms with van der Waals surface area (Å²) in [7, 11) is 8.50. The zero-order chi connectivity index (χ0) is 9.78. The smallest absolute Gasteiger partial charge is 0.245 e. The summed E-state index contributed by atoms with van der Waals surface area (Å²) in [6, 6.07) is 0. The zero-order valence-corrected chi connectivity index (χ0v) is 8.13. The minimum atomic E-state index is -0.273. The molecule has 1 heterocycles. The number of hydrogen-bond acceptors (Lipinski definition) is 2. The van der Waals surface area contributed by atoms with E-state index >= 15 is 0 Å². The maximum Gasteiger partial charge on any atom is 0.245 e. The Bertz CT molecular complexity index is 186. The van der Waals surface area contributed by atoms with Crippen LogP contribution >= 0.6 is 0 Å². The highest BCUT2D eigenvalue weighted by Crippen LogP contribution is 1.99. The summed E-state index contributed by atoms with van der Waals surface area (Å²) in [5.41, 5.74) is 0. The fraction of sp³-hybridized carbons (Fsp3) is 0.750. The van der Waals surface area contributed by atoms with Crippen LogP contribution < -0.4 is 5.11 Å². The lowest BCUT2D eigenvalue weighted by Gasteiger charge is -2.14. The number of carbonyl (C=O) groups excluding carboxylic acids is 1. The molecule has 0 aromatic heterocycles. The average Bonchev–Trinajstić information content (AvgIpc) is 2.09. The number of hydrogen-bond donors (Lipinski definition) is 0. The van der Waals surface area contributed by atoms with Crippen LogP contribution in [-0.2, 0) is 4.79 Å². The van der Waals surface area contributed by atoms with Gasteiger partial charge in [-0.15, -0.1) is 0 Å². The molecule has 1 aliphatic heterocycles. The molecule has 12 heavy (non-hydrogen) atoms. The molecule has 1 amide bonds. The Kier molecular flexibility index (Phi) is 3.89. The molecule has 4 nitrogen and oxygen atoms in total. The highest BCUT2D eigenvalue weighted by atomic mass is 16.3. The number of quaternary nitrogens is 1. The Hall–Kier alpha value is -0.900. The molecule has 0 spiro atoms. The van der Waals surface area contributed by atoms with Crippen molar-refractivity contribution in [3.8, 4) is 0 Å². The van der Waals surface area contributed by atoms with Crippen LogP contribution in [0.3, 0.4) is 0 Å². The van der Waals surface area contributed by atoms with E-state index in [-0.39, 0.29) is 11.8 Å². The van der Waals surface area contributed by atoms with Crippen LogP contribution in [0.1, 0.15) is 12.8 Å². The van der Waals surface area contributed by atoms with Crippen molar-refractivity contribution in [3.63, 3.8) is 0 Å². The average molecular weight is 172 g/mol. The van der Waals surface area contributed by atoms with E-state index < -0.39 is 0 Å². The minimum absolute atomic E-state index is 0.273. The lowest BCUT2D eigenvalue weighted by atomic mass is 10.4. The predicted molar refractivity (Wildman–Crippen MR) is 45.6 cm³/mol. The van der Waals surface area contributed by atoms with Crippen molar-refractivity contribution in [1.82, 2.24) is 0 Å². The SMILES string of the molecule is C[N+](C)(C)C.O=C1CCC([O-])=N1. The normalized spacial score (nSPS) is 16.7. The van der Waals surface area contributed by atoms with E-state index in [1.807, 2.05) is 0 Å². The molecular weight excluding hydrogens is 156 g/mol. The van der Waals surface area contributed by atoms with Gasteiger partial charge in [-0.05, 0) is 12.3 Å². The first-order valence-corrected chi connectivity index (χ1v) is 3.85. The molecule has 1 rings (SSSR count). The van der Waals surface area contributed by atoms with Crippen molar-refractivity contribution < 1.29 is 14.4 Å². The molecule has 4 heteroatoms.